The van der Waals surface area contributed by atoms with E-state index in [0.717, 1.165) is 56.9 Å². The summed E-state index contributed by atoms with van der Waals surface area (Å²) in [5.41, 5.74) is 0.177. The molecule has 0 aliphatic carbocycles. The van der Waals surface area contributed by atoms with Crippen molar-refractivity contribution in [3.05, 3.63) is 22.4 Å². The monoisotopic (exact) mass is 334 g/mol. The molecule has 0 aromatic carbocycles. The van der Waals surface area contributed by atoms with Crippen LogP contribution in [0.2, 0.25) is 0 Å². The van der Waals surface area contributed by atoms with Crippen LogP contribution in [0.15, 0.2) is 17.5 Å². The molecule has 5 nitrogen and oxygen atoms in total. The molecule has 0 saturated carbocycles. The molecule has 0 radical (unpaired) electrons. The second-order valence-corrected chi connectivity index (χ2v) is 7.89. The van der Waals surface area contributed by atoms with Gasteiger partial charge in [-0.25, -0.2) is 0 Å². The van der Waals surface area contributed by atoms with Crippen LogP contribution >= 0.6 is 11.3 Å². The lowest BCUT2D eigenvalue weighted by atomic mass is 9.87. The Labute approximate surface area is 140 Å². The molecular formula is C17H22N2O3S. The van der Waals surface area contributed by atoms with Crippen LogP contribution < -0.4 is 0 Å². The van der Waals surface area contributed by atoms with E-state index in [-0.39, 0.29) is 23.3 Å². The van der Waals surface area contributed by atoms with Gasteiger partial charge in [0.2, 0.25) is 5.91 Å². The average molecular weight is 334 g/mol. The molecule has 0 unspecified atom stereocenters. The van der Waals surface area contributed by atoms with Gasteiger partial charge in [0.1, 0.15) is 6.04 Å². The van der Waals surface area contributed by atoms with Gasteiger partial charge in [0.15, 0.2) is 0 Å². The molecule has 1 aromatic heterocycles. The van der Waals surface area contributed by atoms with Crippen LogP contribution in [0.25, 0.3) is 0 Å². The number of thiophene rings is 1. The highest BCUT2D eigenvalue weighted by Gasteiger charge is 2.45. The van der Waals surface area contributed by atoms with Gasteiger partial charge < -0.3 is 14.5 Å². The first-order chi connectivity index (χ1) is 11.2. The Balaban J connectivity index is 1.46. The highest BCUT2D eigenvalue weighted by Crippen LogP contribution is 2.39. The third kappa shape index (κ3) is 2.68. The van der Waals surface area contributed by atoms with Crippen molar-refractivity contribution in [1.82, 2.24) is 9.80 Å². The smallest absolute Gasteiger partial charge is 0.264 e. The van der Waals surface area contributed by atoms with E-state index in [9.17, 15) is 9.59 Å². The number of carbonyl (C=O) groups excluding carboxylic acids is 2. The Kier molecular flexibility index (Phi) is 3.89. The van der Waals surface area contributed by atoms with Crippen molar-refractivity contribution < 1.29 is 14.3 Å². The molecule has 3 aliphatic heterocycles. The highest BCUT2D eigenvalue weighted by molar-refractivity contribution is 7.12. The van der Waals surface area contributed by atoms with Gasteiger partial charge in [-0.05, 0) is 37.1 Å². The van der Waals surface area contributed by atoms with Gasteiger partial charge in [0.25, 0.3) is 5.91 Å². The van der Waals surface area contributed by atoms with Crippen LogP contribution in [0.3, 0.4) is 0 Å². The maximum atomic E-state index is 13.0. The lowest BCUT2D eigenvalue weighted by Crippen LogP contribution is -2.47. The average Bonchev–Trinajstić information content (AvgIpc) is 3.36. The Hall–Kier alpha value is -1.40. The van der Waals surface area contributed by atoms with Crippen molar-refractivity contribution in [2.45, 2.75) is 31.7 Å². The Bertz CT molecular complexity index is 595. The third-order valence-corrected chi connectivity index (χ3v) is 6.32. The topological polar surface area (TPSA) is 49.9 Å². The summed E-state index contributed by atoms with van der Waals surface area (Å²) in [6.45, 7) is 3.88. The minimum Gasteiger partial charge on any atom is -0.381 e. The third-order valence-electron chi connectivity index (χ3n) is 5.47. The fourth-order valence-corrected chi connectivity index (χ4v) is 4.79. The fourth-order valence-electron chi connectivity index (χ4n) is 4.11. The van der Waals surface area contributed by atoms with Crippen molar-refractivity contribution >= 4 is 23.2 Å². The molecule has 4 rings (SSSR count). The van der Waals surface area contributed by atoms with Crippen LogP contribution in [0.1, 0.15) is 35.4 Å². The zero-order valence-corrected chi connectivity index (χ0v) is 14.0. The summed E-state index contributed by atoms with van der Waals surface area (Å²) in [6.07, 6.45) is 3.79. The number of amides is 2. The van der Waals surface area contributed by atoms with Gasteiger partial charge in [-0.2, -0.15) is 0 Å². The van der Waals surface area contributed by atoms with E-state index in [2.05, 4.69) is 0 Å². The van der Waals surface area contributed by atoms with E-state index in [1.165, 1.54) is 11.3 Å². The van der Waals surface area contributed by atoms with Crippen molar-refractivity contribution in [2.75, 3.05) is 32.8 Å². The maximum Gasteiger partial charge on any atom is 0.264 e. The number of likely N-dealkylation sites (tertiary alicyclic amines) is 2. The molecule has 3 fully saturated rings. The summed E-state index contributed by atoms with van der Waals surface area (Å²) >= 11 is 1.45. The number of hydrogen-bond donors (Lipinski definition) is 0. The fraction of sp³-hybridized carbons (Fsp3) is 0.647. The molecule has 23 heavy (non-hydrogen) atoms. The summed E-state index contributed by atoms with van der Waals surface area (Å²) in [7, 11) is 0. The molecule has 1 spiro atoms. The van der Waals surface area contributed by atoms with E-state index in [4.69, 9.17) is 4.74 Å². The van der Waals surface area contributed by atoms with Crippen LogP contribution in [0.4, 0.5) is 0 Å². The number of carbonyl (C=O) groups is 2. The molecule has 4 heterocycles. The predicted molar refractivity (Wildman–Crippen MR) is 87.4 cm³/mol. The number of ether oxygens (including phenoxy) is 1. The van der Waals surface area contributed by atoms with E-state index >= 15 is 0 Å². The molecule has 3 saturated heterocycles. The van der Waals surface area contributed by atoms with Crippen molar-refractivity contribution in [2.24, 2.45) is 5.41 Å². The van der Waals surface area contributed by atoms with Crippen molar-refractivity contribution in [3.63, 3.8) is 0 Å². The summed E-state index contributed by atoms with van der Waals surface area (Å²) in [5, 5.41) is 1.91. The number of hydrogen-bond acceptors (Lipinski definition) is 4. The summed E-state index contributed by atoms with van der Waals surface area (Å²) in [4.78, 5) is 30.1. The molecule has 6 heteroatoms. The molecule has 2 atom stereocenters. The van der Waals surface area contributed by atoms with Gasteiger partial charge in [0, 0.05) is 31.7 Å². The molecule has 0 bridgehead atoms. The SMILES string of the molecule is O=C([C@@H]1CCCN1C(=O)c1cccs1)N1CC[C@@]2(CCOC2)C1. The molecular weight excluding hydrogens is 312 g/mol. The molecule has 0 N–H and O–H groups in total. The van der Waals surface area contributed by atoms with E-state index < -0.39 is 0 Å². The van der Waals surface area contributed by atoms with E-state index in [0.29, 0.717) is 6.54 Å². The Morgan fingerprint density at radius 3 is 2.96 bits per heavy atom. The molecule has 3 aliphatic rings. The second-order valence-electron chi connectivity index (χ2n) is 6.95. The Morgan fingerprint density at radius 1 is 1.30 bits per heavy atom. The first-order valence-corrected chi connectivity index (χ1v) is 9.28. The largest absolute Gasteiger partial charge is 0.381 e. The second kappa shape index (κ2) is 5.91. The summed E-state index contributed by atoms with van der Waals surface area (Å²) in [5.74, 6) is 0.144. The van der Waals surface area contributed by atoms with Gasteiger partial charge in [-0.1, -0.05) is 6.07 Å². The number of rotatable bonds is 2. The van der Waals surface area contributed by atoms with Crippen LogP contribution in [0, 0.1) is 5.41 Å². The van der Waals surface area contributed by atoms with Crippen LogP contribution in [0.5, 0.6) is 0 Å². The maximum absolute atomic E-state index is 13.0. The standard InChI is InChI=1S/C17H22N2O3S/c20-15(18-8-5-17(11-18)6-9-22-12-17)13-3-1-7-19(13)16(21)14-4-2-10-23-14/h2,4,10,13H,1,3,5-9,11-12H2/t13-,17+/m0/s1. The number of nitrogens with zero attached hydrogens (tertiary/aromatic N) is 2. The predicted octanol–water partition coefficient (Wildman–Crippen LogP) is 1.99. The van der Waals surface area contributed by atoms with E-state index in [1.807, 2.05) is 22.4 Å². The summed E-state index contributed by atoms with van der Waals surface area (Å²) in [6, 6.07) is 3.45. The van der Waals surface area contributed by atoms with Gasteiger partial charge in [-0.15, -0.1) is 11.3 Å². The Morgan fingerprint density at radius 2 is 2.22 bits per heavy atom. The van der Waals surface area contributed by atoms with Crippen LogP contribution in [-0.2, 0) is 9.53 Å². The van der Waals surface area contributed by atoms with Gasteiger partial charge in [0.05, 0.1) is 11.5 Å². The first kappa shape index (κ1) is 15.1. The lowest BCUT2D eigenvalue weighted by molar-refractivity contribution is -0.134. The van der Waals surface area contributed by atoms with Crippen molar-refractivity contribution in [1.29, 1.82) is 0 Å². The highest BCUT2D eigenvalue weighted by atomic mass is 32.1. The van der Waals surface area contributed by atoms with Gasteiger partial charge in [-0.3, -0.25) is 9.59 Å². The minimum atomic E-state index is -0.276. The zero-order chi connectivity index (χ0) is 15.9. The van der Waals surface area contributed by atoms with Gasteiger partial charge >= 0.3 is 0 Å². The van der Waals surface area contributed by atoms with Crippen molar-refractivity contribution in [3.8, 4) is 0 Å². The first-order valence-electron chi connectivity index (χ1n) is 8.40. The molecule has 2 amide bonds. The normalized spacial score (nSPS) is 30.5. The zero-order valence-electron chi connectivity index (χ0n) is 13.2. The lowest BCUT2D eigenvalue weighted by Gasteiger charge is -2.29. The summed E-state index contributed by atoms with van der Waals surface area (Å²) < 4.78 is 5.54. The van der Waals surface area contributed by atoms with Crippen LogP contribution in [-0.4, -0.2) is 60.5 Å². The molecule has 1 aromatic rings. The quantitative estimate of drug-likeness (QED) is 0.831. The minimum absolute atomic E-state index is 0.00830. The molecule has 124 valence electrons. The van der Waals surface area contributed by atoms with E-state index in [1.54, 1.807) is 4.90 Å².